The normalized spacial score (nSPS) is 38.6. The highest BCUT2D eigenvalue weighted by molar-refractivity contribution is 5.88. The number of allylic oxidation sites excluding steroid dienone is 2. The van der Waals surface area contributed by atoms with Gasteiger partial charge in [-0.3, -0.25) is 9.59 Å². The van der Waals surface area contributed by atoms with Crippen LogP contribution in [0.1, 0.15) is 178 Å². The van der Waals surface area contributed by atoms with Crippen molar-refractivity contribution >= 4 is 23.9 Å². The number of aliphatic hydroxyl groups is 5. The van der Waals surface area contributed by atoms with Gasteiger partial charge in [-0.15, -0.1) is 0 Å². The second-order valence-electron chi connectivity index (χ2n) is 23.9. The minimum atomic E-state index is -1.06. The third kappa shape index (κ3) is 14.0. The van der Waals surface area contributed by atoms with E-state index in [2.05, 4.69) is 27.7 Å². The van der Waals surface area contributed by atoms with Crippen molar-refractivity contribution in [3.63, 3.8) is 0 Å². The van der Waals surface area contributed by atoms with E-state index in [1.54, 1.807) is 13.8 Å². The summed E-state index contributed by atoms with van der Waals surface area (Å²) in [6.45, 7) is 20.5. The first kappa shape index (κ1) is 59.7. The lowest BCUT2D eigenvalue weighted by Gasteiger charge is -2.69. The molecule has 7 N–H and O–H groups in total. The zero-order valence-electron chi connectivity index (χ0n) is 45.1. The van der Waals surface area contributed by atoms with Gasteiger partial charge in [0.05, 0.1) is 55.9 Å². The van der Waals surface area contributed by atoms with Crippen LogP contribution in [0.4, 0.5) is 0 Å². The molecule has 0 unspecified atom stereocenters. The molecule has 4 saturated carbocycles. The molecule has 6 fully saturated rings. The number of carboxylic acids is 2. The Morgan fingerprint density at radius 1 is 0.833 bits per heavy atom. The molecule has 0 spiro atoms. The number of aliphatic hydroxyl groups excluding tert-OH is 5. The van der Waals surface area contributed by atoms with Crippen LogP contribution in [0.15, 0.2) is 34.4 Å². The molecule has 6 aliphatic rings. The molecule has 4 aliphatic carbocycles. The highest BCUT2D eigenvalue weighted by atomic mass is 16.6. The highest BCUT2D eigenvalue weighted by Crippen LogP contribution is 2.74. The number of hydrogen-bond donors (Lipinski definition) is 7. The van der Waals surface area contributed by atoms with Gasteiger partial charge in [0, 0.05) is 36.8 Å². The van der Waals surface area contributed by atoms with Crippen LogP contribution in [0.5, 0.6) is 0 Å². The topological polar surface area (TPSA) is 250 Å². The summed E-state index contributed by atoms with van der Waals surface area (Å²) >= 11 is 0. The van der Waals surface area contributed by atoms with Crippen LogP contribution in [0, 0.1) is 51.8 Å². The van der Waals surface area contributed by atoms with Crippen LogP contribution < -0.4 is 0 Å². The van der Waals surface area contributed by atoms with Gasteiger partial charge in [0.25, 0.3) is 0 Å². The van der Waals surface area contributed by atoms with Gasteiger partial charge in [0.2, 0.25) is 0 Å². The van der Waals surface area contributed by atoms with Crippen LogP contribution in [-0.4, -0.2) is 128 Å². The maximum absolute atomic E-state index is 12.6. The van der Waals surface area contributed by atoms with Crippen molar-refractivity contribution in [2.45, 2.75) is 233 Å². The molecule has 0 aromatic rings. The van der Waals surface area contributed by atoms with Crippen LogP contribution >= 0.6 is 0 Å². The molecular weight excluding hydrogens is 925 g/mol. The van der Waals surface area contributed by atoms with E-state index < -0.39 is 60.5 Å². The Bertz CT molecular complexity index is 1960. The number of carbonyl (C=O) groups is 4. The smallest absolute Gasteiger partial charge is 0.331 e. The molecule has 410 valence electrons. The summed E-state index contributed by atoms with van der Waals surface area (Å²) in [6.07, 6.45) is 10.8. The number of carboxylic acid groups (broad SMARTS) is 2. The number of esters is 2. The maximum Gasteiger partial charge on any atom is 0.331 e. The predicted molar refractivity (Wildman–Crippen MR) is 271 cm³/mol. The lowest BCUT2D eigenvalue weighted by Crippen LogP contribution is -2.65. The van der Waals surface area contributed by atoms with Crippen molar-refractivity contribution in [3.05, 3.63) is 34.4 Å². The van der Waals surface area contributed by atoms with E-state index in [-0.39, 0.29) is 70.6 Å². The van der Waals surface area contributed by atoms with Gasteiger partial charge in [-0.2, -0.15) is 0 Å². The zero-order valence-corrected chi connectivity index (χ0v) is 45.1. The molecule has 0 aromatic carbocycles. The van der Waals surface area contributed by atoms with E-state index in [0.29, 0.717) is 75.2 Å². The third-order valence-electron chi connectivity index (χ3n) is 18.7. The SMILES string of the molecule is C/C(=C\C(=O)OCCCCCCCCC(=O)O)C[C@@H]1OC[C@H](C[C@@H]2O[C@H]2[C@@H](C)[C@H](C)O)[C@@H](O)[C@H]1O.CC(=O)O[C@H]1C[C@@]2(C)[C@@H](C[C@@H](O)[C@H]3[C@@]4(C)CC[C@@H](O)[C@@H](C)[C@@H]4CC[C@@]32C)/C1=C(\CCC=C(C)C)C(=O)O. The number of ether oxygens (including phenoxy) is 4. The fourth-order valence-electron chi connectivity index (χ4n) is 14.4. The van der Waals surface area contributed by atoms with Gasteiger partial charge in [-0.1, -0.05) is 77.5 Å². The lowest BCUT2D eigenvalue weighted by atomic mass is 9.36. The molecule has 6 rings (SSSR count). The van der Waals surface area contributed by atoms with Gasteiger partial charge in [-0.25, -0.2) is 9.59 Å². The monoisotopic (exact) mass is 1020 g/mol. The van der Waals surface area contributed by atoms with Crippen molar-refractivity contribution in [3.8, 4) is 0 Å². The summed E-state index contributed by atoms with van der Waals surface area (Å²) < 4.78 is 22.6. The quantitative estimate of drug-likeness (QED) is 0.0188. The van der Waals surface area contributed by atoms with Crippen molar-refractivity contribution in [2.75, 3.05) is 13.2 Å². The molecule has 15 heteroatoms. The molecule has 15 nitrogen and oxygen atoms in total. The van der Waals surface area contributed by atoms with Crippen LogP contribution in [0.3, 0.4) is 0 Å². The molecule has 0 bridgehead atoms. The van der Waals surface area contributed by atoms with Crippen molar-refractivity contribution in [1.29, 1.82) is 0 Å². The molecule has 0 aromatic heterocycles. The molecule has 72 heavy (non-hydrogen) atoms. The molecule has 2 heterocycles. The Balaban J connectivity index is 0.000000268. The minimum Gasteiger partial charge on any atom is -0.481 e. The summed E-state index contributed by atoms with van der Waals surface area (Å²) in [4.78, 5) is 47.3. The molecule has 0 amide bonds. The summed E-state index contributed by atoms with van der Waals surface area (Å²) in [5, 5.41) is 72.3. The van der Waals surface area contributed by atoms with E-state index in [9.17, 15) is 49.8 Å². The maximum atomic E-state index is 12.6. The molecule has 0 radical (unpaired) electrons. The average Bonchev–Trinajstić information content (AvgIpc) is 4.00. The number of fused-ring (bicyclic) bond motifs is 5. The van der Waals surface area contributed by atoms with E-state index in [0.717, 1.165) is 68.9 Å². The fourth-order valence-corrected chi connectivity index (χ4v) is 14.4. The van der Waals surface area contributed by atoms with Crippen molar-refractivity contribution in [1.82, 2.24) is 0 Å². The number of epoxide rings is 1. The summed E-state index contributed by atoms with van der Waals surface area (Å²) in [5.41, 5.74) is 2.28. The van der Waals surface area contributed by atoms with E-state index in [1.807, 2.05) is 26.8 Å². The number of rotatable bonds is 21. The average molecular weight is 1020 g/mol. The first-order valence-corrected chi connectivity index (χ1v) is 27.3. The molecule has 2 aliphatic heterocycles. The largest absolute Gasteiger partial charge is 0.481 e. The summed E-state index contributed by atoms with van der Waals surface area (Å²) in [6, 6.07) is 0. The number of unbranched alkanes of at least 4 members (excludes halogenated alkanes) is 5. The summed E-state index contributed by atoms with van der Waals surface area (Å²) in [7, 11) is 0. The van der Waals surface area contributed by atoms with Crippen LogP contribution in [0.25, 0.3) is 0 Å². The van der Waals surface area contributed by atoms with E-state index in [4.69, 9.17) is 24.1 Å². The molecule has 2 saturated heterocycles. The number of aliphatic carboxylic acids is 2. The first-order chi connectivity index (χ1) is 33.8. The first-order valence-electron chi connectivity index (χ1n) is 27.3. The van der Waals surface area contributed by atoms with Gasteiger partial charge in [0.1, 0.15) is 12.2 Å². The van der Waals surface area contributed by atoms with Crippen LogP contribution in [0.2, 0.25) is 0 Å². The van der Waals surface area contributed by atoms with Crippen molar-refractivity contribution < 1.29 is 73.9 Å². The third-order valence-corrected chi connectivity index (χ3v) is 18.7. The lowest BCUT2D eigenvalue weighted by molar-refractivity contribution is -0.234. The Labute approximate surface area is 429 Å². The van der Waals surface area contributed by atoms with E-state index >= 15 is 0 Å². The van der Waals surface area contributed by atoms with E-state index in [1.165, 1.54) is 13.0 Å². The Morgan fingerprint density at radius 3 is 2.12 bits per heavy atom. The van der Waals surface area contributed by atoms with Gasteiger partial charge < -0.3 is 54.7 Å². The van der Waals surface area contributed by atoms with Gasteiger partial charge in [0.15, 0.2) is 0 Å². The standard InChI is InChI=1S/C31H48O6.C26H44O9/c1-17(2)9-8-10-20(28(35)36)26-22-15-24(34)27-29(5)13-12-23(33)18(3)21(29)11-14-30(27,6)31(22,7)16-25(26)37-19(4)32;1-16(13-23(30)33-11-9-7-5-4-6-8-10-22(28)29)12-20-25(32)24(31)19(15-34-20)14-21-26(35-21)17(2)18(3)27/h9,18,21-25,27,33-34H,8,10-16H2,1-7H3,(H,35,36);13,17-21,24-27,31-32H,4-12,14-15H2,1-3H3,(H,28,29)/b26-20-;16-13+/t18-,21-,22-,23+,24+,25-,27-,29-,30-,31-;17-,18-,19-,20-,21-,24+,25-,26-/m00/s1. The number of carbonyl (C=O) groups excluding carboxylic acids is 2. The zero-order chi connectivity index (χ0) is 53.5. The highest BCUT2D eigenvalue weighted by Gasteiger charge is 2.71. The van der Waals surface area contributed by atoms with Crippen LogP contribution in [-0.2, 0) is 38.1 Å². The Hall–Kier alpha value is -3.18. The Morgan fingerprint density at radius 2 is 1.50 bits per heavy atom. The molecule has 18 atom stereocenters. The fraction of sp³-hybridized carbons (Fsp3) is 0.825. The Kier molecular flexibility index (Phi) is 21.2. The molecular formula is C57H92O15. The summed E-state index contributed by atoms with van der Waals surface area (Å²) in [5.74, 6) is -2.33. The second kappa shape index (κ2) is 25.6. The van der Waals surface area contributed by atoms with Gasteiger partial charge in [-0.05, 0) is 150 Å². The minimum absolute atomic E-state index is 0.0160. The van der Waals surface area contributed by atoms with Gasteiger partial charge >= 0.3 is 23.9 Å². The second-order valence-corrected chi connectivity index (χ2v) is 23.9. The number of hydrogen-bond acceptors (Lipinski definition) is 13. The van der Waals surface area contributed by atoms with Crippen molar-refractivity contribution in [2.24, 2.45) is 51.8 Å². The predicted octanol–water partition coefficient (Wildman–Crippen LogP) is 8.26.